The maximum atomic E-state index is 6.34. The second-order valence-electron chi connectivity index (χ2n) is 11.0. The molecule has 43 heavy (non-hydrogen) atoms. The van der Waals surface area contributed by atoms with E-state index >= 15 is 0 Å². The van der Waals surface area contributed by atoms with Gasteiger partial charge in [0.2, 0.25) is 5.88 Å². The Morgan fingerprint density at radius 1 is 0.674 bits per heavy atom. The van der Waals surface area contributed by atoms with Crippen molar-refractivity contribution in [3.63, 3.8) is 0 Å². The number of hydrogen-bond acceptors (Lipinski definition) is 5. The number of nitrogens with one attached hydrogen (secondary N) is 1. The van der Waals surface area contributed by atoms with Crippen molar-refractivity contribution in [1.29, 1.82) is 0 Å². The molecule has 0 aliphatic carbocycles. The summed E-state index contributed by atoms with van der Waals surface area (Å²) in [6, 6.07) is 40.1. The quantitative estimate of drug-likeness (QED) is 0.214. The Morgan fingerprint density at radius 3 is 2.26 bits per heavy atom. The number of hydrogen-bond donors (Lipinski definition) is 1. The zero-order chi connectivity index (χ0) is 28.1. The number of rotatable bonds is 1. The molecule has 6 heteroatoms. The summed E-state index contributed by atoms with van der Waals surface area (Å²) in [6.45, 7) is 0. The molecular formula is C37H22N4OS. The Kier molecular flexibility index (Phi) is 4.59. The molecule has 9 aromatic rings. The van der Waals surface area contributed by atoms with Crippen molar-refractivity contribution in [3.05, 3.63) is 127 Å². The highest BCUT2D eigenvalue weighted by molar-refractivity contribution is 7.27. The van der Waals surface area contributed by atoms with Gasteiger partial charge in [0, 0.05) is 47.9 Å². The molecule has 0 saturated heterocycles. The van der Waals surface area contributed by atoms with Gasteiger partial charge in [-0.05, 0) is 41.8 Å². The summed E-state index contributed by atoms with van der Waals surface area (Å²) in [5, 5.41) is 12.3. The SMILES string of the molecule is c1ccc(C2Nc3c(oc4ccccc34)N=C2n2c3ccccc3c3c4sc5ccccc5c4c4ccccc4c32)nc1. The molecule has 1 N–H and O–H groups in total. The molecule has 1 unspecified atom stereocenters. The smallest absolute Gasteiger partial charge is 0.245 e. The number of para-hydroxylation sites is 2. The van der Waals surface area contributed by atoms with Crippen LogP contribution in [-0.4, -0.2) is 15.4 Å². The van der Waals surface area contributed by atoms with Crippen LogP contribution in [0.2, 0.25) is 0 Å². The molecule has 5 nitrogen and oxygen atoms in total. The average molecular weight is 571 g/mol. The lowest BCUT2D eigenvalue weighted by Crippen LogP contribution is -2.30. The fourth-order valence-electron chi connectivity index (χ4n) is 6.92. The number of anilines is 1. The molecular weight excluding hydrogens is 549 g/mol. The lowest BCUT2D eigenvalue weighted by Gasteiger charge is -2.26. The van der Waals surface area contributed by atoms with Crippen molar-refractivity contribution in [2.75, 3.05) is 5.32 Å². The second-order valence-corrected chi connectivity index (χ2v) is 12.1. The van der Waals surface area contributed by atoms with E-state index in [1.165, 1.54) is 41.7 Å². The molecule has 0 spiro atoms. The van der Waals surface area contributed by atoms with Crippen LogP contribution in [0.1, 0.15) is 11.7 Å². The number of thiophene rings is 1. The number of fused-ring (bicyclic) bond motifs is 13. The summed E-state index contributed by atoms with van der Waals surface area (Å²) in [5.74, 6) is 1.42. The summed E-state index contributed by atoms with van der Waals surface area (Å²) in [5.41, 5.74) is 4.86. The molecule has 0 saturated carbocycles. The maximum Gasteiger partial charge on any atom is 0.245 e. The molecule has 0 bridgehead atoms. The molecule has 0 amide bonds. The molecule has 4 aromatic heterocycles. The van der Waals surface area contributed by atoms with E-state index in [0.29, 0.717) is 5.88 Å². The summed E-state index contributed by atoms with van der Waals surface area (Å²) < 4.78 is 11.3. The highest BCUT2D eigenvalue weighted by Gasteiger charge is 2.33. The van der Waals surface area contributed by atoms with E-state index in [1.807, 2.05) is 47.9 Å². The average Bonchev–Trinajstić information content (AvgIpc) is 3.74. The molecule has 0 fully saturated rings. The minimum absolute atomic E-state index is 0.300. The summed E-state index contributed by atoms with van der Waals surface area (Å²) in [4.78, 5) is 10.1. The first-order valence-electron chi connectivity index (χ1n) is 14.4. The van der Waals surface area contributed by atoms with Gasteiger partial charge in [0.15, 0.2) is 0 Å². The van der Waals surface area contributed by atoms with Gasteiger partial charge in [-0.15, -0.1) is 11.3 Å². The number of furan rings is 1. The standard InChI is InChI=1S/C37H22N4OS/c1-2-12-22-21(11-1)30-25-15-5-8-19-29(25)43-35(30)31-23-13-3-6-17-27(23)41(34(22)31)36-33(26-16-9-10-20-38-26)39-32-24-14-4-7-18-28(24)42-37(32)40-36/h1-20,33,39H. The number of nitrogens with zero attached hydrogens (tertiary/aromatic N) is 3. The number of pyridine rings is 1. The number of aromatic nitrogens is 2. The maximum absolute atomic E-state index is 6.34. The first-order valence-corrected chi connectivity index (χ1v) is 15.2. The molecule has 5 aromatic carbocycles. The molecule has 1 aliphatic heterocycles. The van der Waals surface area contributed by atoms with Crippen molar-refractivity contribution in [1.82, 2.24) is 9.55 Å². The van der Waals surface area contributed by atoms with E-state index in [2.05, 4.69) is 94.8 Å². The summed E-state index contributed by atoms with van der Waals surface area (Å²) >= 11 is 1.87. The van der Waals surface area contributed by atoms with Gasteiger partial charge in [0.25, 0.3) is 0 Å². The van der Waals surface area contributed by atoms with E-state index in [4.69, 9.17) is 14.4 Å². The van der Waals surface area contributed by atoms with Crippen LogP contribution >= 0.6 is 11.3 Å². The van der Waals surface area contributed by atoms with Crippen molar-refractivity contribution < 1.29 is 4.42 Å². The Labute approximate surface area is 249 Å². The predicted octanol–water partition coefficient (Wildman–Crippen LogP) is 10.2. The third kappa shape index (κ3) is 3.10. The largest absolute Gasteiger partial charge is 0.436 e. The predicted molar refractivity (Wildman–Crippen MR) is 179 cm³/mol. The third-order valence-electron chi connectivity index (χ3n) is 8.70. The van der Waals surface area contributed by atoms with E-state index in [-0.39, 0.29) is 6.04 Å². The van der Waals surface area contributed by atoms with Gasteiger partial charge < -0.3 is 9.73 Å². The van der Waals surface area contributed by atoms with Crippen LogP contribution in [0.5, 0.6) is 0 Å². The first-order chi connectivity index (χ1) is 21.3. The second kappa shape index (κ2) is 8.53. The van der Waals surface area contributed by atoms with Crippen LogP contribution in [0.3, 0.4) is 0 Å². The van der Waals surface area contributed by atoms with Gasteiger partial charge in [0.05, 0.1) is 16.7 Å². The monoisotopic (exact) mass is 570 g/mol. The van der Waals surface area contributed by atoms with Crippen molar-refractivity contribution in [2.45, 2.75) is 6.04 Å². The Balaban J connectivity index is 1.41. The number of aliphatic imine (C=N–C) groups is 1. The zero-order valence-electron chi connectivity index (χ0n) is 22.8. The van der Waals surface area contributed by atoms with Gasteiger partial charge in [-0.25, -0.2) is 0 Å². The van der Waals surface area contributed by atoms with Crippen molar-refractivity contribution in [2.24, 2.45) is 4.99 Å². The first kappa shape index (κ1) is 23.1. The summed E-state index contributed by atoms with van der Waals surface area (Å²) in [7, 11) is 0. The molecule has 0 radical (unpaired) electrons. The fourth-order valence-corrected chi connectivity index (χ4v) is 8.20. The van der Waals surface area contributed by atoms with Crippen LogP contribution in [-0.2, 0) is 0 Å². The molecule has 5 heterocycles. The lowest BCUT2D eigenvalue weighted by molar-refractivity contribution is 0.622. The van der Waals surface area contributed by atoms with E-state index < -0.39 is 0 Å². The van der Waals surface area contributed by atoms with E-state index in [1.54, 1.807) is 0 Å². The van der Waals surface area contributed by atoms with Crippen LogP contribution in [0.15, 0.2) is 131 Å². The van der Waals surface area contributed by atoms with Crippen molar-refractivity contribution >= 4 is 92.5 Å². The zero-order valence-corrected chi connectivity index (χ0v) is 23.6. The molecule has 1 aliphatic rings. The minimum Gasteiger partial charge on any atom is -0.436 e. The highest BCUT2D eigenvalue weighted by Crippen LogP contribution is 2.49. The van der Waals surface area contributed by atoms with Gasteiger partial charge in [-0.2, -0.15) is 4.99 Å². The van der Waals surface area contributed by atoms with Crippen LogP contribution in [0.4, 0.5) is 11.6 Å². The molecule has 10 rings (SSSR count). The minimum atomic E-state index is -0.300. The van der Waals surface area contributed by atoms with E-state index in [9.17, 15) is 0 Å². The van der Waals surface area contributed by atoms with Gasteiger partial charge in [0.1, 0.15) is 23.1 Å². The van der Waals surface area contributed by atoms with Gasteiger partial charge in [-0.1, -0.05) is 78.9 Å². The van der Waals surface area contributed by atoms with Crippen LogP contribution in [0.25, 0.3) is 63.7 Å². The van der Waals surface area contributed by atoms with Gasteiger partial charge in [-0.3, -0.25) is 9.55 Å². The molecule has 1 atom stereocenters. The van der Waals surface area contributed by atoms with Crippen molar-refractivity contribution in [3.8, 4) is 0 Å². The lowest BCUT2D eigenvalue weighted by atomic mass is 9.99. The Morgan fingerprint density at radius 2 is 1.40 bits per heavy atom. The molecule has 202 valence electrons. The number of benzene rings is 5. The Hall–Kier alpha value is -5.46. The topological polar surface area (TPSA) is 55.4 Å². The van der Waals surface area contributed by atoms with Crippen LogP contribution in [0, 0.1) is 0 Å². The van der Waals surface area contributed by atoms with E-state index in [0.717, 1.165) is 39.2 Å². The van der Waals surface area contributed by atoms with Crippen LogP contribution < -0.4 is 5.32 Å². The van der Waals surface area contributed by atoms with Gasteiger partial charge >= 0.3 is 0 Å². The normalized spacial score (nSPS) is 15.1. The summed E-state index contributed by atoms with van der Waals surface area (Å²) in [6.07, 6.45) is 1.85. The highest BCUT2D eigenvalue weighted by atomic mass is 32.1. The Bertz CT molecular complexity index is 2610. The third-order valence-corrected chi connectivity index (χ3v) is 9.89. The fraction of sp³-hybridized carbons (Fsp3) is 0.0270.